The SMILES string of the molecule is CCOC(=O)C(C#N)(CC)c1ccc(CC(C)C)cc1. The standard InChI is InChI=1S/C17H23NO2/c1-5-17(12-18,16(19)20-6-2)15-9-7-14(8-10-15)11-13(3)4/h7-10,13H,5-6,11H2,1-4H3. The highest BCUT2D eigenvalue weighted by molar-refractivity contribution is 5.86. The molecule has 0 aromatic heterocycles. The van der Waals surface area contributed by atoms with Crippen LogP contribution in [0.25, 0.3) is 0 Å². The van der Waals surface area contributed by atoms with E-state index in [4.69, 9.17) is 4.74 Å². The summed E-state index contributed by atoms with van der Waals surface area (Å²) in [5, 5.41) is 9.49. The van der Waals surface area contributed by atoms with Crippen LogP contribution in [0.2, 0.25) is 0 Å². The van der Waals surface area contributed by atoms with Crippen LogP contribution in [-0.2, 0) is 21.4 Å². The number of rotatable bonds is 6. The van der Waals surface area contributed by atoms with Crippen molar-refractivity contribution < 1.29 is 9.53 Å². The molecule has 1 aromatic carbocycles. The number of hydrogen-bond acceptors (Lipinski definition) is 3. The van der Waals surface area contributed by atoms with Gasteiger partial charge in [0.2, 0.25) is 0 Å². The molecular weight excluding hydrogens is 250 g/mol. The molecule has 0 aliphatic heterocycles. The van der Waals surface area contributed by atoms with Crippen LogP contribution in [0.4, 0.5) is 0 Å². The van der Waals surface area contributed by atoms with Crippen LogP contribution in [0.15, 0.2) is 24.3 Å². The zero-order valence-electron chi connectivity index (χ0n) is 12.8. The third-order valence-corrected chi connectivity index (χ3v) is 3.44. The second-order valence-corrected chi connectivity index (χ2v) is 5.39. The molecule has 0 saturated carbocycles. The molecule has 0 N–H and O–H groups in total. The van der Waals surface area contributed by atoms with Crippen LogP contribution in [0.5, 0.6) is 0 Å². The molecular formula is C17H23NO2. The lowest BCUT2D eigenvalue weighted by Crippen LogP contribution is -2.35. The van der Waals surface area contributed by atoms with E-state index in [1.165, 1.54) is 5.56 Å². The van der Waals surface area contributed by atoms with Crippen LogP contribution in [0.3, 0.4) is 0 Å². The smallest absolute Gasteiger partial charge is 0.331 e. The van der Waals surface area contributed by atoms with Crippen LogP contribution >= 0.6 is 0 Å². The van der Waals surface area contributed by atoms with Gasteiger partial charge in [-0.2, -0.15) is 5.26 Å². The Balaban J connectivity index is 3.10. The number of carbonyl (C=O) groups excluding carboxylic acids is 1. The fourth-order valence-electron chi connectivity index (χ4n) is 2.31. The van der Waals surface area contributed by atoms with Gasteiger partial charge in [-0.1, -0.05) is 45.0 Å². The Morgan fingerprint density at radius 2 is 1.90 bits per heavy atom. The monoisotopic (exact) mass is 273 g/mol. The molecule has 0 fully saturated rings. The van der Waals surface area contributed by atoms with Crippen LogP contribution in [0, 0.1) is 17.2 Å². The zero-order chi connectivity index (χ0) is 15.2. The minimum atomic E-state index is -1.19. The fraction of sp³-hybridized carbons (Fsp3) is 0.529. The molecule has 3 heteroatoms. The maximum atomic E-state index is 12.1. The molecule has 0 spiro atoms. The maximum absolute atomic E-state index is 12.1. The summed E-state index contributed by atoms with van der Waals surface area (Å²) in [5.74, 6) is 0.124. The van der Waals surface area contributed by atoms with Crippen LogP contribution in [-0.4, -0.2) is 12.6 Å². The number of benzene rings is 1. The molecule has 0 heterocycles. The van der Waals surface area contributed by atoms with Crippen molar-refractivity contribution in [2.45, 2.75) is 46.0 Å². The van der Waals surface area contributed by atoms with Crippen molar-refractivity contribution in [3.63, 3.8) is 0 Å². The normalized spacial score (nSPS) is 13.6. The summed E-state index contributed by atoms with van der Waals surface area (Å²) in [5.41, 5.74) is 0.746. The van der Waals surface area contributed by atoms with E-state index in [1.807, 2.05) is 31.2 Å². The van der Waals surface area contributed by atoms with Gasteiger partial charge in [-0.3, -0.25) is 0 Å². The minimum Gasteiger partial charge on any atom is -0.465 e. The molecule has 20 heavy (non-hydrogen) atoms. The summed E-state index contributed by atoms with van der Waals surface area (Å²) in [4.78, 5) is 12.1. The predicted octanol–water partition coefficient (Wildman–Crippen LogP) is 3.62. The molecule has 0 aliphatic rings. The Kier molecular flexibility index (Phi) is 5.76. The first kappa shape index (κ1) is 16.2. The molecule has 1 atom stereocenters. The lowest BCUT2D eigenvalue weighted by atomic mass is 9.79. The Morgan fingerprint density at radius 1 is 1.30 bits per heavy atom. The average Bonchev–Trinajstić information content (AvgIpc) is 2.42. The van der Waals surface area contributed by atoms with Crippen molar-refractivity contribution in [1.82, 2.24) is 0 Å². The highest BCUT2D eigenvalue weighted by Crippen LogP contribution is 2.29. The molecule has 0 saturated heterocycles. The van der Waals surface area contributed by atoms with Gasteiger partial charge in [-0.05, 0) is 36.8 Å². The summed E-state index contributed by atoms with van der Waals surface area (Å²) < 4.78 is 5.08. The van der Waals surface area contributed by atoms with Crippen molar-refractivity contribution in [2.24, 2.45) is 5.92 Å². The summed E-state index contributed by atoms with van der Waals surface area (Å²) >= 11 is 0. The average molecular weight is 273 g/mol. The highest BCUT2D eigenvalue weighted by Gasteiger charge is 2.40. The van der Waals surface area contributed by atoms with Gasteiger partial charge in [-0.25, -0.2) is 4.79 Å². The Morgan fingerprint density at radius 3 is 2.30 bits per heavy atom. The molecule has 108 valence electrons. The van der Waals surface area contributed by atoms with Crippen molar-refractivity contribution in [2.75, 3.05) is 6.61 Å². The van der Waals surface area contributed by atoms with Crippen LogP contribution in [0.1, 0.15) is 45.2 Å². The molecule has 0 amide bonds. The van der Waals surface area contributed by atoms with Crippen molar-refractivity contribution in [3.05, 3.63) is 35.4 Å². The van der Waals surface area contributed by atoms with Crippen molar-refractivity contribution in [1.29, 1.82) is 5.26 Å². The molecule has 1 aromatic rings. The summed E-state index contributed by atoms with van der Waals surface area (Å²) in [6.45, 7) is 8.20. The largest absolute Gasteiger partial charge is 0.465 e. The number of nitrogens with zero attached hydrogens (tertiary/aromatic N) is 1. The second kappa shape index (κ2) is 7.09. The van der Waals surface area contributed by atoms with Gasteiger partial charge in [0.1, 0.15) is 0 Å². The Hall–Kier alpha value is -1.82. The second-order valence-electron chi connectivity index (χ2n) is 5.39. The van der Waals surface area contributed by atoms with E-state index in [0.717, 1.165) is 6.42 Å². The van der Waals surface area contributed by atoms with Gasteiger partial charge in [0.05, 0.1) is 12.7 Å². The zero-order valence-corrected chi connectivity index (χ0v) is 12.8. The molecule has 1 rings (SSSR count). The highest BCUT2D eigenvalue weighted by atomic mass is 16.5. The van der Waals surface area contributed by atoms with E-state index in [1.54, 1.807) is 6.92 Å². The van der Waals surface area contributed by atoms with E-state index in [9.17, 15) is 10.1 Å². The van der Waals surface area contributed by atoms with E-state index in [-0.39, 0.29) is 6.61 Å². The summed E-state index contributed by atoms with van der Waals surface area (Å²) in [6.07, 6.45) is 1.40. The first-order valence-electron chi connectivity index (χ1n) is 7.18. The summed E-state index contributed by atoms with van der Waals surface area (Å²) in [6, 6.07) is 9.90. The molecule has 0 radical (unpaired) electrons. The first-order chi connectivity index (χ1) is 9.50. The van der Waals surface area contributed by atoms with Gasteiger partial charge >= 0.3 is 5.97 Å². The van der Waals surface area contributed by atoms with E-state index in [0.29, 0.717) is 17.9 Å². The molecule has 1 unspecified atom stereocenters. The number of carbonyl (C=O) groups is 1. The van der Waals surface area contributed by atoms with Gasteiger partial charge in [-0.15, -0.1) is 0 Å². The number of nitriles is 1. The molecule has 0 aliphatic carbocycles. The number of ether oxygens (including phenoxy) is 1. The molecule has 3 nitrogen and oxygen atoms in total. The minimum absolute atomic E-state index is 0.285. The Bertz CT molecular complexity index is 485. The van der Waals surface area contributed by atoms with Crippen molar-refractivity contribution >= 4 is 5.97 Å². The van der Waals surface area contributed by atoms with Gasteiger partial charge in [0, 0.05) is 0 Å². The third-order valence-electron chi connectivity index (χ3n) is 3.44. The third kappa shape index (κ3) is 3.39. The van der Waals surface area contributed by atoms with E-state index >= 15 is 0 Å². The van der Waals surface area contributed by atoms with Gasteiger partial charge in [0.25, 0.3) is 0 Å². The van der Waals surface area contributed by atoms with Gasteiger partial charge in [0.15, 0.2) is 5.41 Å². The van der Waals surface area contributed by atoms with E-state index < -0.39 is 11.4 Å². The maximum Gasteiger partial charge on any atom is 0.331 e. The summed E-state index contributed by atoms with van der Waals surface area (Å²) in [7, 11) is 0. The lowest BCUT2D eigenvalue weighted by Gasteiger charge is -2.23. The quantitative estimate of drug-likeness (QED) is 0.744. The fourth-order valence-corrected chi connectivity index (χ4v) is 2.31. The number of hydrogen-bond donors (Lipinski definition) is 0. The first-order valence-corrected chi connectivity index (χ1v) is 7.18. The topological polar surface area (TPSA) is 50.1 Å². The van der Waals surface area contributed by atoms with Gasteiger partial charge < -0.3 is 4.74 Å². The molecule has 0 bridgehead atoms. The predicted molar refractivity (Wildman–Crippen MR) is 79.2 cm³/mol. The number of esters is 1. The Labute approximate surface area is 121 Å². The van der Waals surface area contributed by atoms with E-state index in [2.05, 4.69) is 19.9 Å². The van der Waals surface area contributed by atoms with Crippen molar-refractivity contribution in [3.8, 4) is 6.07 Å². The lowest BCUT2D eigenvalue weighted by molar-refractivity contribution is -0.148. The van der Waals surface area contributed by atoms with Crippen LogP contribution < -0.4 is 0 Å².